The summed E-state index contributed by atoms with van der Waals surface area (Å²) in [6, 6.07) is 7.38. The number of amidine groups is 1. The molecule has 0 radical (unpaired) electrons. The maximum atomic E-state index is 12.8. The molecule has 2 N–H and O–H groups in total. The third-order valence-electron chi connectivity index (χ3n) is 4.48. The van der Waals surface area contributed by atoms with E-state index in [1.165, 1.54) is 13.1 Å². The van der Waals surface area contributed by atoms with Crippen molar-refractivity contribution in [3.8, 4) is 0 Å². The molecule has 9 heteroatoms. The molecule has 1 aromatic heterocycles. The average Bonchev–Trinajstić information content (AvgIpc) is 3.13. The van der Waals surface area contributed by atoms with Crippen LogP contribution in [0.25, 0.3) is 0 Å². The zero-order valence-corrected chi connectivity index (χ0v) is 18.2. The van der Waals surface area contributed by atoms with Gasteiger partial charge in [-0.25, -0.2) is 4.98 Å². The van der Waals surface area contributed by atoms with Gasteiger partial charge in [0.25, 0.3) is 0 Å². The van der Waals surface area contributed by atoms with Crippen LogP contribution in [-0.2, 0) is 4.79 Å². The van der Waals surface area contributed by atoms with Crippen LogP contribution in [0.2, 0.25) is 0 Å². The molecule has 0 saturated carbocycles. The number of hydrogen-bond donors (Lipinski definition) is 2. The molecule has 3 heterocycles. The van der Waals surface area contributed by atoms with Crippen molar-refractivity contribution in [2.75, 3.05) is 23.7 Å². The predicted molar refractivity (Wildman–Crippen MR) is 119 cm³/mol. The van der Waals surface area contributed by atoms with Crippen molar-refractivity contribution in [1.82, 2.24) is 9.88 Å². The number of carbonyl (C=O) groups excluding carboxylic acids is 2. The first kappa shape index (κ1) is 21.0. The summed E-state index contributed by atoms with van der Waals surface area (Å²) in [7, 11) is 0. The van der Waals surface area contributed by atoms with E-state index >= 15 is 0 Å². The van der Waals surface area contributed by atoms with E-state index < -0.39 is 0 Å². The lowest BCUT2D eigenvalue weighted by molar-refractivity contribution is -0.114. The number of nitrogens with zero attached hydrogens (tertiary/aromatic N) is 3. The highest BCUT2D eigenvalue weighted by Gasteiger charge is 2.31. The Kier molecular flexibility index (Phi) is 6.04. The van der Waals surface area contributed by atoms with Gasteiger partial charge in [-0.1, -0.05) is 0 Å². The number of ketones is 1. The number of halogens is 2. The summed E-state index contributed by atoms with van der Waals surface area (Å²) in [4.78, 5) is 34.6. The Bertz CT molecular complexity index is 1050. The molecular weight excluding hydrogens is 458 g/mol. The van der Waals surface area contributed by atoms with Crippen molar-refractivity contribution in [2.45, 2.75) is 13.8 Å². The smallest absolute Gasteiger partial charge is 0.222 e. The Morgan fingerprint density at radius 3 is 2.79 bits per heavy atom. The normalized spacial score (nSPS) is 15.6. The Labute approximate surface area is 182 Å². The average molecular weight is 477 g/mol. The number of nitrogens with one attached hydrogen (secondary N) is 2. The molecule has 1 amide bonds. The van der Waals surface area contributed by atoms with Gasteiger partial charge in [0.2, 0.25) is 5.91 Å². The third kappa shape index (κ3) is 4.18. The lowest BCUT2D eigenvalue weighted by atomic mass is 10.0. The first-order valence-electron chi connectivity index (χ1n) is 8.81. The minimum Gasteiger partial charge on any atom is -0.340 e. The number of amides is 1. The lowest BCUT2D eigenvalue weighted by Crippen LogP contribution is -2.36. The number of aliphatic imine (C=N–C) groups is 1. The molecule has 2 aromatic rings. The van der Waals surface area contributed by atoms with Gasteiger partial charge in [0.15, 0.2) is 5.78 Å². The number of anilines is 2. The Morgan fingerprint density at radius 2 is 2.10 bits per heavy atom. The van der Waals surface area contributed by atoms with E-state index in [0.717, 1.165) is 27.1 Å². The second kappa shape index (κ2) is 8.34. The molecule has 4 rings (SSSR count). The van der Waals surface area contributed by atoms with Crippen molar-refractivity contribution in [2.24, 2.45) is 4.99 Å². The molecule has 29 heavy (non-hydrogen) atoms. The summed E-state index contributed by atoms with van der Waals surface area (Å²) in [5.41, 5.74) is 3.50. The largest absolute Gasteiger partial charge is 0.340 e. The summed E-state index contributed by atoms with van der Waals surface area (Å²) in [5.74, 6) is 1.58. The number of carbonyl (C=O) groups is 2. The van der Waals surface area contributed by atoms with Crippen LogP contribution in [0, 0.1) is 6.92 Å². The fraction of sp³-hybridized carbons (Fsp3) is 0.200. The highest BCUT2D eigenvalue weighted by atomic mass is 79.9. The highest BCUT2D eigenvalue weighted by molar-refractivity contribution is 9.10. The minimum atomic E-state index is -0.208. The molecule has 0 aliphatic carbocycles. The van der Waals surface area contributed by atoms with Gasteiger partial charge in [-0.05, 0) is 52.7 Å². The van der Waals surface area contributed by atoms with Crippen molar-refractivity contribution in [1.29, 1.82) is 0 Å². The number of rotatable bonds is 3. The zero-order valence-electron chi connectivity index (χ0n) is 15.8. The maximum Gasteiger partial charge on any atom is 0.222 e. The monoisotopic (exact) mass is 475 g/mol. The van der Waals surface area contributed by atoms with Gasteiger partial charge in [0.1, 0.15) is 17.5 Å². The summed E-state index contributed by atoms with van der Waals surface area (Å²) < 4.78 is 0.927. The molecule has 0 fully saturated rings. The summed E-state index contributed by atoms with van der Waals surface area (Å²) in [6.45, 7) is 4.84. The summed E-state index contributed by atoms with van der Waals surface area (Å²) >= 11 is 3.60. The van der Waals surface area contributed by atoms with Gasteiger partial charge < -0.3 is 15.5 Å². The topological polar surface area (TPSA) is 86.7 Å². The molecule has 0 saturated heterocycles. The maximum absolute atomic E-state index is 12.8. The van der Waals surface area contributed by atoms with E-state index in [1.54, 1.807) is 18.2 Å². The van der Waals surface area contributed by atoms with Crippen molar-refractivity contribution >= 4 is 57.4 Å². The van der Waals surface area contributed by atoms with Crippen LogP contribution in [-0.4, -0.2) is 40.5 Å². The van der Waals surface area contributed by atoms with E-state index in [1.807, 2.05) is 17.9 Å². The van der Waals surface area contributed by atoms with Crippen LogP contribution in [0.15, 0.2) is 51.8 Å². The summed E-state index contributed by atoms with van der Waals surface area (Å²) in [6.07, 6.45) is 3.02. The van der Waals surface area contributed by atoms with Gasteiger partial charge in [0, 0.05) is 41.3 Å². The number of pyridine rings is 1. The number of hydrogen-bond acceptors (Lipinski definition) is 6. The van der Waals surface area contributed by atoms with Gasteiger partial charge >= 0.3 is 0 Å². The number of benzene rings is 1. The van der Waals surface area contributed by atoms with Crippen LogP contribution < -0.4 is 10.6 Å². The molecule has 1 aromatic carbocycles. The van der Waals surface area contributed by atoms with Crippen molar-refractivity contribution in [3.63, 3.8) is 0 Å². The predicted octanol–water partition coefficient (Wildman–Crippen LogP) is 3.74. The van der Waals surface area contributed by atoms with Crippen molar-refractivity contribution in [3.05, 3.63) is 63.5 Å². The van der Waals surface area contributed by atoms with Gasteiger partial charge in [-0.2, -0.15) is 0 Å². The standard InChI is InChI=1S/C20H18BrN5O2.ClH/c1-11-7-14-19(15(21)8-11)25-18(26-6-5-22-20(14)26)9-16(28)13-3-4-17(23-10-13)24-12(2)27;/h3-4,7-10,25H,5-6H2,1-2H3,(H,23,24,27);1H. The molecular formula is C20H19BrClN5O2. The number of fused-ring (bicyclic) bond motifs is 3. The first-order valence-corrected chi connectivity index (χ1v) is 9.61. The van der Waals surface area contributed by atoms with Gasteiger partial charge in [-0.15, -0.1) is 12.4 Å². The van der Waals surface area contributed by atoms with E-state index in [4.69, 9.17) is 0 Å². The zero-order chi connectivity index (χ0) is 19.8. The SMILES string of the molecule is CC(=O)Nc1ccc(C(=O)C=C2Nc3c(Br)cc(C)cc3C3=NCCN23)cn1.Cl. The van der Waals surface area contributed by atoms with E-state index in [-0.39, 0.29) is 24.1 Å². The van der Waals surface area contributed by atoms with Crippen LogP contribution >= 0.6 is 28.3 Å². The highest BCUT2D eigenvalue weighted by Crippen LogP contribution is 2.36. The number of aryl methyl sites for hydroxylation is 1. The lowest BCUT2D eigenvalue weighted by Gasteiger charge is -2.32. The third-order valence-corrected chi connectivity index (χ3v) is 5.11. The van der Waals surface area contributed by atoms with Crippen molar-refractivity contribution < 1.29 is 9.59 Å². The molecule has 2 aliphatic rings. The Morgan fingerprint density at radius 1 is 1.31 bits per heavy atom. The molecule has 0 unspecified atom stereocenters. The molecule has 150 valence electrons. The molecule has 0 bridgehead atoms. The second-order valence-corrected chi connectivity index (χ2v) is 7.51. The fourth-order valence-corrected chi connectivity index (χ4v) is 3.94. The van der Waals surface area contributed by atoms with E-state index in [9.17, 15) is 9.59 Å². The molecule has 0 atom stereocenters. The van der Waals surface area contributed by atoms with Crippen LogP contribution in [0.4, 0.5) is 11.5 Å². The summed E-state index contributed by atoms with van der Waals surface area (Å²) in [5, 5.41) is 5.95. The number of aromatic nitrogens is 1. The second-order valence-electron chi connectivity index (χ2n) is 6.66. The van der Waals surface area contributed by atoms with Gasteiger partial charge in [0.05, 0.1) is 12.2 Å². The number of allylic oxidation sites excluding steroid dienone is 1. The minimum absolute atomic E-state index is 0. The molecule has 7 nitrogen and oxygen atoms in total. The fourth-order valence-electron chi connectivity index (χ4n) is 3.27. The van der Waals surface area contributed by atoms with E-state index in [2.05, 4.69) is 42.6 Å². The van der Waals surface area contributed by atoms with Crippen LogP contribution in [0.3, 0.4) is 0 Å². The molecule has 2 aliphatic heterocycles. The van der Waals surface area contributed by atoms with Crippen LogP contribution in [0.5, 0.6) is 0 Å². The first-order chi connectivity index (χ1) is 13.4. The Balaban J connectivity index is 0.00000240. The van der Waals surface area contributed by atoms with E-state index in [0.29, 0.717) is 30.3 Å². The Hall–Kier alpha value is -2.71. The molecule has 0 spiro atoms. The van der Waals surface area contributed by atoms with Crippen LogP contribution in [0.1, 0.15) is 28.4 Å². The quantitative estimate of drug-likeness (QED) is 0.520. The van der Waals surface area contributed by atoms with Gasteiger partial charge in [-0.3, -0.25) is 14.6 Å².